The first-order valence-corrected chi connectivity index (χ1v) is 8.65. The molecule has 25 heavy (non-hydrogen) atoms. The Labute approximate surface area is 145 Å². The van der Waals surface area contributed by atoms with E-state index in [1.165, 1.54) is 36.5 Å². The Morgan fingerprint density at radius 3 is 2.24 bits per heavy atom. The van der Waals surface area contributed by atoms with Crippen LogP contribution in [0, 0.1) is 5.82 Å². The average Bonchev–Trinajstić information content (AvgIpc) is 3.01. The van der Waals surface area contributed by atoms with E-state index >= 15 is 0 Å². The summed E-state index contributed by atoms with van der Waals surface area (Å²) in [6.07, 6.45) is -1.30. The third-order valence-corrected chi connectivity index (χ3v) is 4.32. The first-order chi connectivity index (χ1) is 11.9. The molecule has 0 fully saturated rings. The quantitative estimate of drug-likeness (QED) is 0.651. The van der Waals surface area contributed by atoms with Gasteiger partial charge in [0, 0.05) is 17.4 Å². The second-order valence-corrected chi connectivity index (χ2v) is 6.40. The molecule has 0 bridgehead atoms. The zero-order valence-corrected chi connectivity index (χ0v) is 13.7. The third-order valence-electron chi connectivity index (χ3n) is 3.74. The maximum atomic E-state index is 13.1. The van der Waals surface area contributed by atoms with E-state index in [4.69, 9.17) is 4.55 Å². The smallest absolute Gasteiger partial charge is 0.265 e. The monoisotopic (exact) mass is 365 g/mol. The summed E-state index contributed by atoms with van der Waals surface area (Å²) in [5.41, 5.74) is 2.28. The molecule has 3 nitrogen and oxygen atoms in total. The van der Waals surface area contributed by atoms with Crippen molar-refractivity contribution in [2.45, 2.75) is 12.2 Å². The van der Waals surface area contributed by atoms with E-state index in [0.717, 1.165) is 0 Å². The summed E-state index contributed by atoms with van der Waals surface area (Å²) in [6, 6.07) is 13.7. The highest BCUT2D eigenvalue weighted by Gasteiger charge is 2.16. The van der Waals surface area contributed by atoms with Crippen molar-refractivity contribution >= 4 is 11.1 Å². The predicted octanol–water partition coefficient (Wildman–Crippen LogP) is 4.94. The van der Waals surface area contributed by atoms with Crippen LogP contribution < -0.4 is 0 Å². The Hall–Kier alpha value is -2.38. The van der Waals surface area contributed by atoms with E-state index in [-0.39, 0.29) is 11.3 Å². The fraction of sp³-hybridized carbons (Fsp3) is 0.111. The maximum absolute atomic E-state index is 13.1. The van der Waals surface area contributed by atoms with Gasteiger partial charge in [-0.15, -0.1) is 0 Å². The van der Waals surface area contributed by atoms with Crippen LogP contribution in [-0.4, -0.2) is 13.3 Å². The molecule has 130 valence electrons. The lowest BCUT2D eigenvalue weighted by molar-refractivity contribution is 0.151. The highest BCUT2D eigenvalue weighted by atomic mass is 32.2. The van der Waals surface area contributed by atoms with Crippen LogP contribution in [0.2, 0.25) is 0 Å². The second kappa shape index (κ2) is 7.25. The molecule has 0 aliphatic rings. The van der Waals surface area contributed by atoms with Crippen molar-refractivity contribution in [1.29, 1.82) is 0 Å². The molecule has 1 heterocycles. The molecule has 2 aromatic carbocycles. The zero-order chi connectivity index (χ0) is 18.0. The second-order valence-electron chi connectivity index (χ2n) is 5.47. The molecule has 1 aromatic heterocycles. The van der Waals surface area contributed by atoms with Crippen LogP contribution in [0.15, 0.2) is 60.8 Å². The molecule has 7 heteroatoms. The molecule has 0 saturated heterocycles. The summed E-state index contributed by atoms with van der Waals surface area (Å²) in [5.74, 6) is -0.408. The number of alkyl halides is 2. The van der Waals surface area contributed by atoms with Crippen LogP contribution in [0.5, 0.6) is 0 Å². The largest absolute Gasteiger partial charge is 0.316 e. The van der Waals surface area contributed by atoms with E-state index in [1.54, 1.807) is 28.8 Å². The Morgan fingerprint density at radius 2 is 1.68 bits per heavy atom. The first kappa shape index (κ1) is 17.4. The minimum Gasteiger partial charge on any atom is -0.316 e. The van der Waals surface area contributed by atoms with Crippen molar-refractivity contribution in [3.63, 3.8) is 0 Å². The minimum absolute atomic E-state index is 0.00153. The van der Waals surface area contributed by atoms with Crippen molar-refractivity contribution < 1.29 is 21.9 Å². The highest BCUT2D eigenvalue weighted by molar-refractivity contribution is 7.78. The molecule has 1 atom stereocenters. The molecule has 0 saturated carbocycles. The lowest BCUT2D eigenvalue weighted by atomic mass is 10.1. The molecule has 0 aliphatic heterocycles. The fourth-order valence-corrected chi connectivity index (χ4v) is 3.03. The lowest BCUT2D eigenvalue weighted by Gasteiger charge is -2.10. The van der Waals surface area contributed by atoms with Gasteiger partial charge in [-0.25, -0.2) is 17.4 Å². The van der Waals surface area contributed by atoms with Crippen molar-refractivity contribution in [3.05, 3.63) is 77.7 Å². The molecule has 1 unspecified atom stereocenters. The van der Waals surface area contributed by atoms with E-state index in [0.29, 0.717) is 22.5 Å². The number of halogens is 3. The lowest BCUT2D eigenvalue weighted by Crippen LogP contribution is -1.96. The third kappa shape index (κ3) is 4.00. The molecule has 0 radical (unpaired) electrons. The van der Waals surface area contributed by atoms with Gasteiger partial charge in [0.25, 0.3) is 6.43 Å². The number of hydrogen-bond donors (Lipinski definition) is 1. The molecule has 3 aromatic rings. The summed E-state index contributed by atoms with van der Waals surface area (Å²) in [7, 11) is 0. The molecular formula is C18H14F3NO2S. The van der Waals surface area contributed by atoms with E-state index < -0.39 is 23.3 Å². The molecule has 0 amide bonds. The number of aromatic nitrogens is 1. The predicted molar refractivity (Wildman–Crippen MR) is 90.6 cm³/mol. The standard InChI is InChI=1S/C18H14F3NO2S/c19-15-5-7-16(8-6-15)22-10-14(18(20)21)9-17(22)13-3-1-12(2-4-13)11-25(23)24/h1-10,18H,11H2,(H,23,24). The number of nitrogens with zero attached hydrogens (tertiary/aromatic N) is 1. The zero-order valence-electron chi connectivity index (χ0n) is 12.9. The van der Waals surface area contributed by atoms with E-state index in [9.17, 15) is 17.4 Å². The van der Waals surface area contributed by atoms with Gasteiger partial charge in [0.15, 0.2) is 11.1 Å². The Kier molecular flexibility index (Phi) is 5.06. The summed E-state index contributed by atoms with van der Waals surface area (Å²) in [4.78, 5) is 0. The Bertz CT molecular complexity index is 890. The maximum Gasteiger partial charge on any atom is 0.265 e. The van der Waals surface area contributed by atoms with Crippen LogP contribution in [-0.2, 0) is 16.8 Å². The summed E-state index contributed by atoms with van der Waals surface area (Å²) >= 11 is -1.95. The van der Waals surface area contributed by atoms with Gasteiger partial charge in [-0.3, -0.25) is 0 Å². The van der Waals surface area contributed by atoms with E-state index in [2.05, 4.69) is 0 Å². The van der Waals surface area contributed by atoms with Gasteiger partial charge in [0.1, 0.15) is 5.82 Å². The molecule has 0 spiro atoms. The van der Waals surface area contributed by atoms with Gasteiger partial charge in [-0.05, 0) is 41.5 Å². The molecular weight excluding hydrogens is 351 g/mol. The number of hydrogen-bond acceptors (Lipinski definition) is 1. The van der Waals surface area contributed by atoms with Crippen molar-refractivity contribution in [3.8, 4) is 16.9 Å². The topological polar surface area (TPSA) is 42.2 Å². The SMILES string of the molecule is O=S(O)Cc1ccc(-c2cc(C(F)F)cn2-c2ccc(F)cc2)cc1. The molecule has 3 rings (SSSR count). The van der Waals surface area contributed by atoms with Crippen molar-refractivity contribution in [2.75, 3.05) is 0 Å². The van der Waals surface area contributed by atoms with Crippen LogP contribution in [0.25, 0.3) is 16.9 Å². The summed E-state index contributed by atoms with van der Waals surface area (Å²) < 4.78 is 60.7. The summed E-state index contributed by atoms with van der Waals surface area (Å²) in [6.45, 7) is 0. The van der Waals surface area contributed by atoms with E-state index in [1.807, 2.05) is 0 Å². The van der Waals surface area contributed by atoms with Gasteiger partial charge < -0.3 is 9.12 Å². The van der Waals surface area contributed by atoms with Crippen molar-refractivity contribution in [2.24, 2.45) is 0 Å². The van der Waals surface area contributed by atoms with Crippen LogP contribution in [0.4, 0.5) is 13.2 Å². The average molecular weight is 365 g/mol. The van der Waals surface area contributed by atoms with Crippen LogP contribution >= 0.6 is 0 Å². The minimum atomic E-state index is -2.63. The van der Waals surface area contributed by atoms with Crippen LogP contribution in [0.1, 0.15) is 17.6 Å². The van der Waals surface area contributed by atoms with Gasteiger partial charge in [0.05, 0.1) is 11.4 Å². The number of benzene rings is 2. The molecule has 0 aliphatic carbocycles. The number of rotatable bonds is 5. The Balaban J connectivity index is 2.05. The van der Waals surface area contributed by atoms with Crippen LogP contribution in [0.3, 0.4) is 0 Å². The summed E-state index contributed by atoms with van der Waals surface area (Å²) in [5, 5.41) is 0. The van der Waals surface area contributed by atoms with Gasteiger partial charge in [-0.2, -0.15) is 0 Å². The highest BCUT2D eigenvalue weighted by Crippen LogP contribution is 2.31. The van der Waals surface area contributed by atoms with Gasteiger partial charge in [-0.1, -0.05) is 24.3 Å². The van der Waals surface area contributed by atoms with Gasteiger partial charge >= 0.3 is 0 Å². The first-order valence-electron chi connectivity index (χ1n) is 7.37. The normalized spacial score (nSPS) is 12.5. The fourth-order valence-electron chi connectivity index (χ4n) is 2.55. The van der Waals surface area contributed by atoms with Gasteiger partial charge in [0.2, 0.25) is 0 Å². The Morgan fingerprint density at radius 1 is 1.04 bits per heavy atom. The van der Waals surface area contributed by atoms with Crippen molar-refractivity contribution in [1.82, 2.24) is 4.57 Å². The molecule has 1 N–H and O–H groups in total.